The standard InChI is InChI=1S/C20H21FN6O2/c21-15-4-1-2-5-16(15)23-20(29)18-12-17(24-25-18)14-6-10-26(11-7-14)19(28)13-27-9-3-8-22-27/h1-5,8-9,12,14H,6-7,10-11,13H2,(H,23,29)(H,24,25). The second-order valence-corrected chi connectivity index (χ2v) is 7.00. The number of benzene rings is 1. The molecule has 2 N–H and O–H groups in total. The average Bonchev–Trinajstić information content (AvgIpc) is 3.42. The van der Waals surface area contributed by atoms with Crippen LogP contribution in [-0.2, 0) is 11.3 Å². The van der Waals surface area contributed by atoms with Crippen LogP contribution in [0.15, 0.2) is 48.8 Å². The van der Waals surface area contributed by atoms with Gasteiger partial charge < -0.3 is 10.2 Å². The highest BCUT2D eigenvalue weighted by molar-refractivity contribution is 6.02. The SMILES string of the molecule is O=C(Nc1ccccc1F)c1cc(C2CCN(C(=O)Cn3cccn3)CC2)[nH]n1. The summed E-state index contributed by atoms with van der Waals surface area (Å²) in [5.41, 5.74) is 1.18. The van der Waals surface area contributed by atoms with Gasteiger partial charge in [-0.1, -0.05) is 12.1 Å². The van der Waals surface area contributed by atoms with Gasteiger partial charge in [-0.05, 0) is 37.1 Å². The van der Waals surface area contributed by atoms with Crippen molar-refractivity contribution >= 4 is 17.5 Å². The van der Waals surface area contributed by atoms with Crippen molar-refractivity contribution in [3.05, 3.63) is 66.0 Å². The Balaban J connectivity index is 1.33. The molecule has 2 amide bonds. The molecule has 0 radical (unpaired) electrons. The fourth-order valence-corrected chi connectivity index (χ4v) is 3.48. The molecule has 0 spiro atoms. The number of piperidine rings is 1. The number of aromatic amines is 1. The van der Waals surface area contributed by atoms with Crippen LogP contribution >= 0.6 is 0 Å². The second kappa shape index (κ2) is 8.26. The summed E-state index contributed by atoms with van der Waals surface area (Å²) in [5.74, 6) is -0.735. The van der Waals surface area contributed by atoms with Crippen LogP contribution in [0, 0.1) is 5.82 Å². The number of carbonyl (C=O) groups is 2. The van der Waals surface area contributed by atoms with Crippen molar-refractivity contribution < 1.29 is 14.0 Å². The van der Waals surface area contributed by atoms with E-state index in [0.717, 1.165) is 18.5 Å². The van der Waals surface area contributed by atoms with E-state index in [4.69, 9.17) is 0 Å². The Morgan fingerprint density at radius 1 is 1.21 bits per heavy atom. The van der Waals surface area contributed by atoms with E-state index in [-0.39, 0.29) is 29.8 Å². The van der Waals surface area contributed by atoms with E-state index in [0.29, 0.717) is 13.1 Å². The summed E-state index contributed by atoms with van der Waals surface area (Å²) < 4.78 is 15.3. The number of nitrogens with one attached hydrogen (secondary N) is 2. The quantitative estimate of drug-likeness (QED) is 0.692. The lowest BCUT2D eigenvalue weighted by molar-refractivity contribution is -0.133. The van der Waals surface area contributed by atoms with Gasteiger partial charge in [0.1, 0.15) is 12.4 Å². The minimum atomic E-state index is -0.497. The van der Waals surface area contributed by atoms with Crippen molar-refractivity contribution in [3.63, 3.8) is 0 Å². The third-order valence-electron chi connectivity index (χ3n) is 5.10. The third-order valence-corrected chi connectivity index (χ3v) is 5.10. The van der Waals surface area contributed by atoms with E-state index in [1.54, 1.807) is 41.3 Å². The largest absolute Gasteiger partial charge is 0.341 e. The number of amides is 2. The number of aromatic nitrogens is 4. The predicted octanol–water partition coefficient (Wildman–Crippen LogP) is 2.40. The van der Waals surface area contributed by atoms with E-state index < -0.39 is 11.7 Å². The van der Waals surface area contributed by atoms with Gasteiger partial charge in [-0.2, -0.15) is 10.2 Å². The summed E-state index contributed by atoms with van der Waals surface area (Å²) in [6, 6.07) is 9.48. The van der Waals surface area contributed by atoms with Crippen molar-refractivity contribution in [2.75, 3.05) is 18.4 Å². The Morgan fingerprint density at radius 3 is 2.72 bits per heavy atom. The minimum Gasteiger partial charge on any atom is -0.341 e. The molecule has 9 heteroatoms. The molecule has 1 saturated heterocycles. The molecular weight excluding hydrogens is 375 g/mol. The first-order chi connectivity index (χ1) is 14.1. The van der Waals surface area contributed by atoms with Crippen molar-refractivity contribution in [2.24, 2.45) is 0 Å². The van der Waals surface area contributed by atoms with Crippen molar-refractivity contribution in [2.45, 2.75) is 25.3 Å². The first-order valence-electron chi connectivity index (χ1n) is 9.46. The zero-order chi connectivity index (χ0) is 20.2. The summed E-state index contributed by atoms with van der Waals surface area (Å²) >= 11 is 0. The molecule has 1 aliphatic rings. The van der Waals surface area contributed by atoms with Crippen LogP contribution in [0.25, 0.3) is 0 Å². The number of carbonyl (C=O) groups excluding carboxylic acids is 2. The van der Waals surface area contributed by atoms with Gasteiger partial charge in [-0.15, -0.1) is 0 Å². The number of hydrogen-bond donors (Lipinski definition) is 2. The molecule has 0 aliphatic carbocycles. The van der Waals surface area contributed by atoms with Crippen molar-refractivity contribution in [1.82, 2.24) is 24.9 Å². The number of anilines is 1. The van der Waals surface area contributed by atoms with Gasteiger partial charge in [0, 0.05) is 37.1 Å². The summed E-state index contributed by atoms with van der Waals surface area (Å²) in [6.45, 7) is 1.52. The lowest BCUT2D eigenvalue weighted by Gasteiger charge is -2.31. The molecule has 4 rings (SSSR count). The maximum atomic E-state index is 13.7. The number of hydrogen-bond acceptors (Lipinski definition) is 4. The molecule has 1 aliphatic heterocycles. The molecule has 0 bridgehead atoms. The van der Waals surface area contributed by atoms with E-state index in [1.165, 1.54) is 12.1 Å². The number of para-hydroxylation sites is 1. The lowest BCUT2D eigenvalue weighted by Crippen LogP contribution is -2.39. The molecule has 2 aromatic heterocycles. The van der Waals surface area contributed by atoms with Crippen molar-refractivity contribution in [1.29, 1.82) is 0 Å². The predicted molar refractivity (Wildman–Crippen MR) is 104 cm³/mol. The average molecular weight is 396 g/mol. The highest BCUT2D eigenvalue weighted by atomic mass is 19.1. The summed E-state index contributed by atoms with van der Waals surface area (Å²) in [7, 11) is 0. The molecule has 8 nitrogen and oxygen atoms in total. The van der Waals surface area contributed by atoms with Crippen molar-refractivity contribution in [3.8, 4) is 0 Å². The third kappa shape index (κ3) is 4.34. The van der Waals surface area contributed by atoms with Gasteiger partial charge in [0.2, 0.25) is 5.91 Å². The van der Waals surface area contributed by atoms with Crippen LogP contribution in [0.1, 0.15) is 34.9 Å². The summed E-state index contributed by atoms with van der Waals surface area (Å²) in [6.07, 6.45) is 4.98. The smallest absolute Gasteiger partial charge is 0.276 e. The van der Waals surface area contributed by atoms with E-state index >= 15 is 0 Å². The highest BCUT2D eigenvalue weighted by Gasteiger charge is 2.26. The first kappa shape index (κ1) is 18.9. The summed E-state index contributed by atoms with van der Waals surface area (Å²) in [4.78, 5) is 26.5. The molecule has 3 aromatic rings. The molecule has 3 heterocycles. The molecule has 29 heavy (non-hydrogen) atoms. The number of rotatable bonds is 5. The van der Waals surface area contributed by atoms with Gasteiger partial charge in [-0.25, -0.2) is 4.39 Å². The zero-order valence-corrected chi connectivity index (χ0v) is 15.7. The maximum Gasteiger partial charge on any atom is 0.276 e. The Kier molecular flexibility index (Phi) is 5.37. The lowest BCUT2D eigenvalue weighted by atomic mass is 9.93. The number of likely N-dealkylation sites (tertiary alicyclic amines) is 1. The van der Waals surface area contributed by atoms with Crippen LogP contribution in [0.3, 0.4) is 0 Å². The molecular formula is C20H21FN6O2. The molecule has 1 fully saturated rings. The number of nitrogens with zero attached hydrogens (tertiary/aromatic N) is 4. The minimum absolute atomic E-state index is 0.0433. The molecule has 150 valence electrons. The van der Waals surface area contributed by atoms with Crippen LogP contribution in [-0.4, -0.2) is 49.8 Å². The monoisotopic (exact) mass is 396 g/mol. The van der Waals surface area contributed by atoms with Crippen LogP contribution in [0.5, 0.6) is 0 Å². The van der Waals surface area contributed by atoms with Gasteiger partial charge >= 0.3 is 0 Å². The normalized spacial score (nSPS) is 14.7. The Labute approximate surface area is 166 Å². The maximum absolute atomic E-state index is 13.7. The molecule has 0 atom stereocenters. The van der Waals surface area contributed by atoms with Crippen LogP contribution < -0.4 is 5.32 Å². The fourth-order valence-electron chi connectivity index (χ4n) is 3.48. The Bertz CT molecular complexity index is 992. The van der Waals surface area contributed by atoms with E-state index in [1.807, 2.05) is 4.90 Å². The highest BCUT2D eigenvalue weighted by Crippen LogP contribution is 2.27. The topological polar surface area (TPSA) is 95.9 Å². The molecule has 0 unspecified atom stereocenters. The van der Waals surface area contributed by atoms with Gasteiger partial charge in [-0.3, -0.25) is 19.4 Å². The second-order valence-electron chi connectivity index (χ2n) is 7.00. The summed E-state index contributed by atoms with van der Waals surface area (Å²) in [5, 5.41) is 13.6. The molecule has 1 aromatic carbocycles. The Hall–Kier alpha value is -3.49. The number of halogens is 1. The Morgan fingerprint density at radius 2 is 2.00 bits per heavy atom. The van der Waals surface area contributed by atoms with Crippen LogP contribution in [0.4, 0.5) is 10.1 Å². The fraction of sp³-hybridized carbons (Fsp3) is 0.300. The van der Waals surface area contributed by atoms with E-state index in [2.05, 4.69) is 20.6 Å². The number of H-pyrrole nitrogens is 1. The first-order valence-corrected chi connectivity index (χ1v) is 9.46. The zero-order valence-electron chi connectivity index (χ0n) is 15.7. The molecule has 0 saturated carbocycles. The van der Waals surface area contributed by atoms with Gasteiger partial charge in [0.25, 0.3) is 5.91 Å². The van der Waals surface area contributed by atoms with Gasteiger partial charge in [0.05, 0.1) is 5.69 Å². The van der Waals surface area contributed by atoms with Crippen LogP contribution in [0.2, 0.25) is 0 Å². The van der Waals surface area contributed by atoms with E-state index in [9.17, 15) is 14.0 Å². The van der Waals surface area contributed by atoms with Gasteiger partial charge in [0.15, 0.2) is 5.69 Å².